The van der Waals surface area contributed by atoms with Gasteiger partial charge in [0.25, 0.3) is 17.6 Å². The van der Waals surface area contributed by atoms with Gasteiger partial charge >= 0.3 is 0 Å². The van der Waals surface area contributed by atoms with Gasteiger partial charge in [0, 0.05) is 24.7 Å². The van der Waals surface area contributed by atoms with Crippen molar-refractivity contribution in [3.8, 4) is 0 Å². The van der Waals surface area contributed by atoms with E-state index in [1.807, 2.05) is 4.90 Å². The van der Waals surface area contributed by atoms with Gasteiger partial charge in [-0.25, -0.2) is 9.37 Å². The minimum Gasteiger partial charge on any atom is -0.347 e. The first-order valence-electron chi connectivity index (χ1n) is 10.1. The number of amides is 2. The second-order valence-corrected chi connectivity index (χ2v) is 7.94. The van der Waals surface area contributed by atoms with Crippen molar-refractivity contribution in [2.45, 2.75) is 51.2 Å². The molecule has 0 aliphatic carbocycles. The van der Waals surface area contributed by atoms with Crippen LogP contribution in [-0.2, 0) is 6.54 Å². The Morgan fingerprint density at radius 3 is 2.60 bits per heavy atom. The molecule has 9 heteroatoms. The summed E-state index contributed by atoms with van der Waals surface area (Å²) in [7, 11) is 0. The summed E-state index contributed by atoms with van der Waals surface area (Å²) in [5.41, 5.74) is 1.68. The molecule has 1 N–H and O–H groups in total. The van der Waals surface area contributed by atoms with Crippen molar-refractivity contribution in [1.82, 2.24) is 29.8 Å². The van der Waals surface area contributed by atoms with Gasteiger partial charge in [-0.15, -0.1) is 0 Å². The third kappa shape index (κ3) is 3.10. The SMILES string of the molecule is Cc1cc(CNC(=O)c2cc(C(=O)N3C4CCC3CC4)n3ncnc3n2)ccc1F. The van der Waals surface area contributed by atoms with Gasteiger partial charge < -0.3 is 10.2 Å². The number of rotatable bonds is 4. The molecule has 0 spiro atoms. The Morgan fingerprint density at radius 2 is 1.90 bits per heavy atom. The summed E-state index contributed by atoms with van der Waals surface area (Å²) in [5, 5.41) is 6.90. The number of carbonyl (C=O) groups is 2. The highest BCUT2D eigenvalue weighted by Crippen LogP contribution is 2.38. The van der Waals surface area contributed by atoms with E-state index in [-0.39, 0.29) is 41.8 Å². The van der Waals surface area contributed by atoms with Crippen LogP contribution in [0.15, 0.2) is 30.6 Å². The molecule has 0 saturated carbocycles. The fourth-order valence-corrected chi connectivity index (χ4v) is 4.55. The minimum absolute atomic E-state index is 0.101. The molecule has 30 heavy (non-hydrogen) atoms. The Morgan fingerprint density at radius 1 is 1.17 bits per heavy atom. The number of hydrogen-bond donors (Lipinski definition) is 1. The van der Waals surface area contributed by atoms with E-state index in [1.54, 1.807) is 19.1 Å². The van der Waals surface area contributed by atoms with Crippen molar-refractivity contribution in [3.63, 3.8) is 0 Å². The van der Waals surface area contributed by atoms with Crippen molar-refractivity contribution in [2.75, 3.05) is 0 Å². The van der Waals surface area contributed by atoms with Crippen LogP contribution < -0.4 is 5.32 Å². The van der Waals surface area contributed by atoms with Gasteiger partial charge in [-0.3, -0.25) is 9.59 Å². The molecule has 1 aromatic carbocycles. The molecule has 2 aliphatic rings. The molecular formula is C21H21FN6O2. The van der Waals surface area contributed by atoms with Gasteiger partial charge in [-0.2, -0.15) is 14.6 Å². The largest absolute Gasteiger partial charge is 0.347 e. The lowest BCUT2D eigenvalue weighted by molar-refractivity contribution is 0.0720. The first-order chi connectivity index (χ1) is 14.5. The summed E-state index contributed by atoms with van der Waals surface area (Å²) < 4.78 is 14.8. The molecular weight excluding hydrogens is 387 g/mol. The van der Waals surface area contributed by atoms with E-state index in [0.717, 1.165) is 31.2 Å². The molecule has 0 unspecified atom stereocenters. The lowest BCUT2D eigenvalue weighted by atomic mass is 10.0. The topological polar surface area (TPSA) is 92.5 Å². The number of hydrogen-bond acceptors (Lipinski definition) is 5. The Hall–Kier alpha value is -3.36. The predicted molar refractivity (Wildman–Crippen MR) is 105 cm³/mol. The van der Waals surface area contributed by atoms with E-state index in [9.17, 15) is 14.0 Å². The van der Waals surface area contributed by atoms with E-state index in [0.29, 0.717) is 11.3 Å². The maximum absolute atomic E-state index is 13.4. The molecule has 4 heterocycles. The van der Waals surface area contributed by atoms with E-state index in [1.165, 1.54) is 23.0 Å². The van der Waals surface area contributed by atoms with Gasteiger partial charge in [-0.1, -0.05) is 12.1 Å². The Bertz CT molecular complexity index is 1140. The molecule has 154 valence electrons. The number of benzene rings is 1. The zero-order valence-electron chi connectivity index (χ0n) is 16.5. The van der Waals surface area contributed by atoms with Crippen LogP contribution in [0.25, 0.3) is 5.78 Å². The molecule has 2 saturated heterocycles. The second kappa shape index (κ2) is 7.16. The first-order valence-corrected chi connectivity index (χ1v) is 10.1. The fourth-order valence-electron chi connectivity index (χ4n) is 4.55. The maximum Gasteiger partial charge on any atom is 0.273 e. The summed E-state index contributed by atoms with van der Waals surface area (Å²) in [6.07, 6.45) is 5.40. The summed E-state index contributed by atoms with van der Waals surface area (Å²) in [6.45, 7) is 1.89. The molecule has 2 aliphatic heterocycles. The van der Waals surface area contributed by atoms with Crippen molar-refractivity contribution in [1.29, 1.82) is 0 Å². The Labute approximate surface area is 172 Å². The van der Waals surface area contributed by atoms with E-state index in [2.05, 4.69) is 20.4 Å². The van der Waals surface area contributed by atoms with Gasteiger partial charge in [0.05, 0.1) is 0 Å². The standard InChI is InChI=1S/C21H21FN6O2/c1-12-8-13(2-7-16(12)22)10-23-19(29)17-9-18(28-21(26-17)24-11-25-28)20(30)27-14-3-4-15(27)6-5-14/h2,7-9,11,14-15H,3-6,10H2,1H3,(H,23,29). The van der Waals surface area contributed by atoms with Crippen LogP contribution in [0.3, 0.4) is 0 Å². The molecule has 5 rings (SSSR count). The van der Waals surface area contributed by atoms with E-state index >= 15 is 0 Å². The van der Waals surface area contributed by atoms with Crippen molar-refractivity contribution in [2.24, 2.45) is 0 Å². The summed E-state index contributed by atoms with van der Waals surface area (Å²) in [4.78, 5) is 36.3. The molecule has 2 amide bonds. The Kier molecular flexibility index (Phi) is 4.45. The summed E-state index contributed by atoms with van der Waals surface area (Å²) in [5.74, 6) is -0.653. The van der Waals surface area contributed by atoms with Gasteiger partial charge in [-0.05, 0) is 49.8 Å². The third-order valence-corrected chi connectivity index (χ3v) is 6.07. The molecule has 2 fully saturated rings. The van der Waals surface area contributed by atoms with Crippen LogP contribution in [0.2, 0.25) is 0 Å². The average Bonchev–Trinajstić information content (AvgIpc) is 3.48. The smallest absolute Gasteiger partial charge is 0.273 e. The molecule has 2 bridgehead atoms. The van der Waals surface area contributed by atoms with Crippen LogP contribution in [0.5, 0.6) is 0 Å². The molecule has 0 atom stereocenters. The van der Waals surface area contributed by atoms with Crippen LogP contribution in [-0.4, -0.2) is 48.4 Å². The van der Waals surface area contributed by atoms with E-state index in [4.69, 9.17) is 0 Å². The molecule has 0 radical (unpaired) electrons. The van der Waals surface area contributed by atoms with Crippen LogP contribution in [0.4, 0.5) is 4.39 Å². The lowest BCUT2D eigenvalue weighted by Crippen LogP contribution is -2.37. The quantitative estimate of drug-likeness (QED) is 0.715. The van der Waals surface area contributed by atoms with E-state index < -0.39 is 5.91 Å². The zero-order valence-corrected chi connectivity index (χ0v) is 16.5. The van der Waals surface area contributed by atoms with Crippen molar-refractivity contribution in [3.05, 3.63) is 58.9 Å². The average molecular weight is 408 g/mol. The monoisotopic (exact) mass is 408 g/mol. The minimum atomic E-state index is -0.430. The fraction of sp³-hybridized carbons (Fsp3) is 0.381. The highest BCUT2D eigenvalue weighted by Gasteiger charge is 2.43. The lowest BCUT2D eigenvalue weighted by Gasteiger charge is -2.22. The van der Waals surface area contributed by atoms with Crippen molar-refractivity contribution < 1.29 is 14.0 Å². The third-order valence-electron chi connectivity index (χ3n) is 6.07. The number of aromatic nitrogens is 4. The molecule has 2 aromatic heterocycles. The number of carbonyl (C=O) groups excluding carboxylic acids is 2. The summed E-state index contributed by atoms with van der Waals surface area (Å²) >= 11 is 0. The number of nitrogens with zero attached hydrogens (tertiary/aromatic N) is 5. The van der Waals surface area contributed by atoms with Crippen LogP contribution in [0.1, 0.15) is 57.8 Å². The van der Waals surface area contributed by atoms with Crippen molar-refractivity contribution >= 4 is 17.6 Å². The Balaban J connectivity index is 1.41. The molecule has 3 aromatic rings. The van der Waals surface area contributed by atoms with Gasteiger partial charge in [0.1, 0.15) is 23.5 Å². The normalized spacial score (nSPS) is 20.1. The highest BCUT2D eigenvalue weighted by atomic mass is 19.1. The van der Waals surface area contributed by atoms with Crippen LogP contribution >= 0.6 is 0 Å². The number of aryl methyl sites for hydroxylation is 1. The predicted octanol–water partition coefficient (Wildman–Crippen LogP) is 2.27. The van der Waals surface area contributed by atoms with Gasteiger partial charge in [0.2, 0.25) is 0 Å². The van der Waals surface area contributed by atoms with Gasteiger partial charge in [0.15, 0.2) is 0 Å². The van der Waals surface area contributed by atoms with Crippen LogP contribution in [0, 0.1) is 12.7 Å². The zero-order chi connectivity index (χ0) is 20.8. The maximum atomic E-state index is 13.4. The number of fused-ring (bicyclic) bond motifs is 3. The first kappa shape index (κ1) is 18.7. The highest BCUT2D eigenvalue weighted by molar-refractivity contribution is 5.98. The molecule has 8 nitrogen and oxygen atoms in total. The summed E-state index contributed by atoms with van der Waals surface area (Å²) in [6, 6.07) is 6.67. The second-order valence-electron chi connectivity index (χ2n) is 7.94. The number of halogens is 1. The number of nitrogens with one attached hydrogen (secondary N) is 1.